The second-order valence-electron chi connectivity index (χ2n) is 8.12. The third-order valence-electron chi connectivity index (χ3n) is 5.35. The van der Waals surface area contributed by atoms with Gasteiger partial charge in [-0.2, -0.15) is 0 Å². The van der Waals surface area contributed by atoms with E-state index in [1.54, 1.807) is 37.4 Å². The Bertz CT molecular complexity index is 1480. The first-order valence-electron chi connectivity index (χ1n) is 11.1. The van der Waals surface area contributed by atoms with E-state index in [2.05, 4.69) is 20.3 Å². The van der Waals surface area contributed by atoms with Gasteiger partial charge in [-0.3, -0.25) is 10.2 Å². The maximum atomic E-state index is 13.4. The van der Waals surface area contributed by atoms with E-state index in [1.807, 2.05) is 30.3 Å². The number of hydrogen-bond acceptors (Lipinski definition) is 7. The number of aromatic nitrogens is 1. The molecule has 0 radical (unpaired) electrons. The Morgan fingerprint density at radius 2 is 1.86 bits per heavy atom. The summed E-state index contributed by atoms with van der Waals surface area (Å²) in [5, 5.41) is 13.8. The van der Waals surface area contributed by atoms with Crippen molar-refractivity contribution < 1.29 is 13.2 Å². The van der Waals surface area contributed by atoms with Crippen molar-refractivity contribution in [2.75, 3.05) is 18.9 Å². The molecule has 1 aromatic heterocycles. The number of carbonyl (C=O) groups excluding carboxylic acids is 1. The van der Waals surface area contributed by atoms with Gasteiger partial charge in [0.05, 0.1) is 27.7 Å². The van der Waals surface area contributed by atoms with E-state index < -0.39 is 16.1 Å². The van der Waals surface area contributed by atoms with Crippen LogP contribution in [0.5, 0.6) is 0 Å². The highest BCUT2D eigenvalue weighted by molar-refractivity contribution is 7.89. The summed E-state index contributed by atoms with van der Waals surface area (Å²) in [4.78, 5) is 16.6. The molecule has 0 aliphatic heterocycles. The van der Waals surface area contributed by atoms with E-state index in [9.17, 15) is 13.2 Å². The molecule has 1 atom stereocenters. The van der Waals surface area contributed by atoms with Crippen molar-refractivity contribution >= 4 is 49.0 Å². The minimum atomic E-state index is -3.98. The molecular formula is C25H26N6O3S2. The summed E-state index contributed by atoms with van der Waals surface area (Å²) in [5.41, 5.74) is 8.18. The monoisotopic (exact) mass is 522 g/mol. The lowest BCUT2D eigenvalue weighted by Gasteiger charge is -2.18. The van der Waals surface area contributed by atoms with Crippen LogP contribution in [0.2, 0.25) is 0 Å². The molecule has 0 saturated carbocycles. The summed E-state index contributed by atoms with van der Waals surface area (Å²) in [7, 11) is -2.33. The van der Waals surface area contributed by atoms with Crippen molar-refractivity contribution in [2.45, 2.75) is 17.4 Å². The molecule has 1 amide bonds. The number of amidine groups is 1. The quantitative estimate of drug-likeness (QED) is 0.160. The SMILES string of the molecule is CNCC(=O)Nc1cccc(S(=O)(=O)NC(Cc2cccc(C(=N)N)c2)c2nc3ccccc3s2)c1. The minimum Gasteiger partial charge on any atom is -0.384 e. The molecule has 0 bridgehead atoms. The minimum absolute atomic E-state index is 0.0216. The molecule has 4 rings (SSSR count). The number of carbonyl (C=O) groups is 1. The predicted molar refractivity (Wildman–Crippen MR) is 143 cm³/mol. The average Bonchev–Trinajstić information content (AvgIpc) is 3.28. The third-order valence-corrected chi connectivity index (χ3v) is 7.97. The highest BCUT2D eigenvalue weighted by atomic mass is 32.2. The van der Waals surface area contributed by atoms with Crippen molar-refractivity contribution in [1.29, 1.82) is 5.41 Å². The number of nitrogens with zero attached hydrogens (tertiary/aromatic N) is 1. The highest BCUT2D eigenvalue weighted by Gasteiger charge is 2.25. The Kier molecular flexibility index (Phi) is 7.75. The van der Waals surface area contributed by atoms with Gasteiger partial charge in [0.25, 0.3) is 0 Å². The van der Waals surface area contributed by atoms with Crippen LogP contribution < -0.4 is 21.1 Å². The van der Waals surface area contributed by atoms with Crippen LogP contribution in [0, 0.1) is 5.41 Å². The van der Waals surface area contributed by atoms with Crippen molar-refractivity contribution in [2.24, 2.45) is 5.73 Å². The predicted octanol–water partition coefficient (Wildman–Crippen LogP) is 3.00. The Labute approximate surface area is 213 Å². The summed E-state index contributed by atoms with van der Waals surface area (Å²) in [5.74, 6) is -0.344. The molecule has 0 aliphatic rings. The molecule has 4 aromatic rings. The first kappa shape index (κ1) is 25.5. The summed E-state index contributed by atoms with van der Waals surface area (Å²) in [6.45, 7) is 0.105. The fourth-order valence-corrected chi connectivity index (χ4v) is 6.02. The zero-order valence-corrected chi connectivity index (χ0v) is 21.1. The number of hydrogen-bond donors (Lipinski definition) is 5. The van der Waals surface area contributed by atoms with E-state index in [-0.39, 0.29) is 23.2 Å². The fourth-order valence-electron chi connectivity index (χ4n) is 3.68. The normalized spacial score (nSPS) is 12.4. The number of nitrogen functional groups attached to an aromatic ring is 1. The number of fused-ring (bicyclic) bond motifs is 1. The largest absolute Gasteiger partial charge is 0.384 e. The van der Waals surface area contributed by atoms with Gasteiger partial charge in [0, 0.05) is 11.3 Å². The van der Waals surface area contributed by atoms with Gasteiger partial charge >= 0.3 is 0 Å². The molecular weight excluding hydrogens is 496 g/mol. The van der Waals surface area contributed by atoms with E-state index in [0.717, 1.165) is 15.8 Å². The molecule has 11 heteroatoms. The maximum Gasteiger partial charge on any atom is 0.241 e. The number of rotatable bonds is 10. The molecule has 9 nitrogen and oxygen atoms in total. The van der Waals surface area contributed by atoms with Crippen LogP contribution >= 0.6 is 11.3 Å². The molecule has 186 valence electrons. The van der Waals surface area contributed by atoms with Crippen LogP contribution in [0.4, 0.5) is 5.69 Å². The molecule has 6 N–H and O–H groups in total. The van der Waals surface area contributed by atoms with Gasteiger partial charge in [0.2, 0.25) is 15.9 Å². The number of nitrogens with one attached hydrogen (secondary N) is 4. The highest BCUT2D eigenvalue weighted by Crippen LogP contribution is 2.30. The van der Waals surface area contributed by atoms with Crippen molar-refractivity contribution in [1.82, 2.24) is 15.0 Å². The van der Waals surface area contributed by atoms with Crippen molar-refractivity contribution in [3.63, 3.8) is 0 Å². The van der Waals surface area contributed by atoms with E-state index in [4.69, 9.17) is 11.1 Å². The standard InChI is InChI=1S/C25H26N6O3S2/c1-28-15-23(32)29-18-8-5-9-19(14-18)36(33,34)31-21(13-16-6-4-7-17(12-16)24(26)27)25-30-20-10-2-3-11-22(20)35-25/h2-12,14,21,28,31H,13,15H2,1H3,(H3,26,27)(H,29,32). The second-order valence-corrected chi connectivity index (χ2v) is 10.9. The molecule has 0 fully saturated rings. The number of likely N-dealkylation sites (N-methyl/N-ethyl adjacent to an activating group) is 1. The second kappa shape index (κ2) is 11.0. The van der Waals surface area contributed by atoms with Crippen LogP contribution in [0.25, 0.3) is 10.2 Å². The molecule has 0 saturated heterocycles. The number of thiazole rings is 1. The third kappa shape index (κ3) is 6.13. The van der Waals surface area contributed by atoms with Crippen LogP contribution in [0.15, 0.2) is 77.7 Å². The van der Waals surface area contributed by atoms with Gasteiger partial charge in [-0.15, -0.1) is 11.3 Å². The van der Waals surface area contributed by atoms with E-state index >= 15 is 0 Å². The summed E-state index contributed by atoms with van der Waals surface area (Å²) < 4.78 is 30.6. The van der Waals surface area contributed by atoms with Gasteiger partial charge in [0.1, 0.15) is 10.8 Å². The van der Waals surface area contributed by atoms with Crippen molar-refractivity contribution in [3.8, 4) is 0 Å². The molecule has 0 aliphatic carbocycles. The fraction of sp³-hybridized carbons (Fsp3) is 0.160. The lowest BCUT2D eigenvalue weighted by Crippen LogP contribution is -2.30. The van der Waals surface area contributed by atoms with Gasteiger partial charge < -0.3 is 16.4 Å². The zero-order valence-electron chi connectivity index (χ0n) is 19.5. The Balaban J connectivity index is 1.67. The number of para-hydroxylation sites is 1. The summed E-state index contributed by atoms with van der Waals surface area (Å²) in [6, 6.07) is 20.2. The molecule has 0 spiro atoms. The molecule has 1 heterocycles. The zero-order chi connectivity index (χ0) is 25.7. The van der Waals surface area contributed by atoms with E-state index in [1.165, 1.54) is 23.5 Å². The van der Waals surface area contributed by atoms with Gasteiger partial charge in [0.15, 0.2) is 0 Å². The Morgan fingerprint density at radius 3 is 2.61 bits per heavy atom. The number of benzene rings is 3. The van der Waals surface area contributed by atoms with Gasteiger partial charge in [-0.1, -0.05) is 36.4 Å². The first-order chi connectivity index (χ1) is 17.2. The molecule has 36 heavy (non-hydrogen) atoms. The summed E-state index contributed by atoms with van der Waals surface area (Å²) in [6.07, 6.45) is 0.304. The van der Waals surface area contributed by atoms with Crippen LogP contribution in [-0.2, 0) is 21.2 Å². The first-order valence-corrected chi connectivity index (χ1v) is 13.4. The van der Waals surface area contributed by atoms with Crippen LogP contribution in [0.3, 0.4) is 0 Å². The number of amides is 1. The molecule has 1 unspecified atom stereocenters. The summed E-state index contributed by atoms with van der Waals surface area (Å²) >= 11 is 1.42. The molecule has 3 aromatic carbocycles. The lowest BCUT2D eigenvalue weighted by molar-refractivity contribution is -0.115. The van der Waals surface area contributed by atoms with Gasteiger partial charge in [-0.25, -0.2) is 18.1 Å². The topological polar surface area (TPSA) is 150 Å². The van der Waals surface area contributed by atoms with Crippen LogP contribution in [-0.4, -0.2) is 38.7 Å². The maximum absolute atomic E-state index is 13.4. The smallest absolute Gasteiger partial charge is 0.241 e. The van der Waals surface area contributed by atoms with E-state index in [0.29, 0.717) is 22.7 Å². The Hall–Kier alpha value is -3.64. The number of sulfonamides is 1. The Morgan fingerprint density at radius 1 is 1.08 bits per heavy atom. The number of nitrogens with two attached hydrogens (primary N) is 1. The van der Waals surface area contributed by atoms with Crippen molar-refractivity contribution in [3.05, 3.63) is 88.9 Å². The van der Waals surface area contributed by atoms with Crippen LogP contribution in [0.1, 0.15) is 22.2 Å². The average molecular weight is 523 g/mol. The van der Waals surface area contributed by atoms with Gasteiger partial charge in [-0.05, 0) is 55.4 Å². The lowest BCUT2D eigenvalue weighted by atomic mass is 10.0. The number of anilines is 1.